The van der Waals surface area contributed by atoms with Crippen LogP contribution in [0.1, 0.15) is 31.7 Å². The minimum Gasteiger partial charge on any atom is -0.382 e. The number of aryl methyl sites for hydroxylation is 2. The van der Waals surface area contributed by atoms with Gasteiger partial charge in [-0.3, -0.25) is 4.68 Å². The Kier molecular flexibility index (Phi) is 9.09. The molecular formula is C14H26BrN3O2. The predicted octanol–water partition coefficient (Wildman–Crippen LogP) is 2.37. The summed E-state index contributed by atoms with van der Waals surface area (Å²) in [5.41, 5.74) is 2.36. The highest BCUT2D eigenvalue weighted by atomic mass is 79.9. The smallest absolute Gasteiger partial charge is 0.0767 e. The second-order valence-electron chi connectivity index (χ2n) is 4.51. The van der Waals surface area contributed by atoms with Crippen LogP contribution in [0.3, 0.4) is 0 Å². The fraction of sp³-hybridized carbons (Fsp3) is 0.786. The minimum absolute atomic E-state index is 0.663. The van der Waals surface area contributed by atoms with Crippen LogP contribution in [0.2, 0.25) is 0 Å². The van der Waals surface area contributed by atoms with E-state index in [1.165, 1.54) is 5.69 Å². The molecule has 6 heteroatoms. The Hall–Kier alpha value is -0.430. The molecule has 0 atom stereocenters. The van der Waals surface area contributed by atoms with Crippen molar-refractivity contribution in [1.29, 1.82) is 0 Å². The third-order valence-corrected chi connectivity index (χ3v) is 3.98. The molecule has 0 aromatic carbocycles. The third kappa shape index (κ3) is 5.52. The monoisotopic (exact) mass is 347 g/mol. The lowest BCUT2D eigenvalue weighted by molar-refractivity contribution is 0.0694. The van der Waals surface area contributed by atoms with Gasteiger partial charge in [0.05, 0.1) is 29.1 Å². The van der Waals surface area contributed by atoms with Gasteiger partial charge in [-0.2, -0.15) is 5.10 Å². The van der Waals surface area contributed by atoms with Crippen molar-refractivity contribution in [2.75, 3.05) is 33.5 Å². The van der Waals surface area contributed by atoms with Crippen molar-refractivity contribution < 1.29 is 9.47 Å². The summed E-state index contributed by atoms with van der Waals surface area (Å²) >= 11 is 3.65. The van der Waals surface area contributed by atoms with Crippen molar-refractivity contribution in [3.63, 3.8) is 0 Å². The van der Waals surface area contributed by atoms with Gasteiger partial charge >= 0.3 is 0 Å². The van der Waals surface area contributed by atoms with Crippen LogP contribution < -0.4 is 5.32 Å². The Morgan fingerprint density at radius 1 is 1.25 bits per heavy atom. The maximum Gasteiger partial charge on any atom is 0.0767 e. The summed E-state index contributed by atoms with van der Waals surface area (Å²) in [6.45, 7) is 9.02. The number of nitrogens with zero attached hydrogens (tertiary/aromatic N) is 2. The summed E-state index contributed by atoms with van der Waals surface area (Å²) in [6.07, 6.45) is 1.95. The van der Waals surface area contributed by atoms with Crippen LogP contribution in [0.15, 0.2) is 4.47 Å². The van der Waals surface area contributed by atoms with Crippen LogP contribution >= 0.6 is 15.9 Å². The molecule has 0 spiro atoms. The average Bonchev–Trinajstić information content (AvgIpc) is 2.78. The molecule has 20 heavy (non-hydrogen) atoms. The van der Waals surface area contributed by atoms with Crippen LogP contribution in [-0.4, -0.2) is 43.3 Å². The molecule has 0 bridgehead atoms. The summed E-state index contributed by atoms with van der Waals surface area (Å²) in [5.74, 6) is 0. The third-order valence-electron chi connectivity index (χ3n) is 3.06. The molecule has 0 aliphatic rings. The highest BCUT2D eigenvalue weighted by Crippen LogP contribution is 2.22. The summed E-state index contributed by atoms with van der Waals surface area (Å²) in [6, 6.07) is 0. The number of methoxy groups -OCH3 is 1. The zero-order chi connectivity index (χ0) is 14.8. The number of ether oxygens (including phenoxy) is 2. The molecule has 0 saturated carbocycles. The molecule has 116 valence electrons. The normalized spacial score (nSPS) is 11.2. The summed E-state index contributed by atoms with van der Waals surface area (Å²) < 4.78 is 13.6. The topological polar surface area (TPSA) is 48.3 Å². The van der Waals surface area contributed by atoms with Crippen molar-refractivity contribution in [3.8, 4) is 0 Å². The fourth-order valence-electron chi connectivity index (χ4n) is 1.94. The first-order chi connectivity index (χ1) is 9.74. The average molecular weight is 348 g/mol. The van der Waals surface area contributed by atoms with E-state index in [2.05, 4.69) is 44.9 Å². The van der Waals surface area contributed by atoms with Gasteiger partial charge in [-0.25, -0.2) is 0 Å². The maximum atomic E-state index is 5.42. The largest absolute Gasteiger partial charge is 0.382 e. The number of rotatable bonds is 11. The van der Waals surface area contributed by atoms with Crippen molar-refractivity contribution in [3.05, 3.63) is 15.9 Å². The van der Waals surface area contributed by atoms with Gasteiger partial charge in [0.25, 0.3) is 0 Å². The summed E-state index contributed by atoms with van der Waals surface area (Å²) in [7, 11) is 1.68. The molecule has 1 heterocycles. The van der Waals surface area contributed by atoms with E-state index in [0.29, 0.717) is 13.2 Å². The molecule has 1 N–H and O–H groups in total. The summed E-state index contributed by atoms with van der Waals surface area (Å²) in [4.78, 5) is 0. The Balaban J connectivity index is 2.26. The molecule has 0 unspecified atom stereocenters. The molecule has 5 nitrogen and oxygen atoms in total. The molecule has 0 amide bonds. The van der Waals surface area contributed by atoms with Gasteiger partial charge in [-0.05, 0) is 42.2 Å². The number of hydrogen-bond donors (Lipinski definition) is 1. The molecule has 0 aliphatic carbocycles. The molecule has 1 aromatic rings. The highest BCUT2D eigenvalue weighted by Gasteiger charge is 2.12. The van der Waals surface area contributed by atoms with Gasteiger partial charge in [0.1, 0.15) is 0 Å². The van der Waals surface area contributed by atoms with E-state index in [9.17, 15) is 0 Å². The van der Waals surface area contributed by atoms with E-state index in [-0.39, 0.29) is 0 Å². The summed E-state index contributed by atoms with van der Waals surface area (Å²) in [5, 5.41) is 8.03. The molecule has 0 radical (unpaired) electrons. The number of nitrogens with one attached hydrogen (secondary N) is 1. The Bertz CT molecular complexity index is 383. The first kappa shape index (κ1) is 17.6. The maximum absolute atomic E-state index is 5.42. The van der Waals surface area contributed by atoms with Crippen molar-refractivity contribution in [2.24, 2.45) is 0 Å². The lowest BCUT2D eigenvalue weighted by Gasteiger charge is -2.08. The first-order valence-electron chi connectivity index (χ1n) is 7.26. The van der Waals surface area contributed by atoms with Crippen LogP contribution in [-0.2, 0) is 29.0 Å². The Morgan fingerprint density at radius 3 is 2.70 bits per heavy atom. The number of halogens is 1. The molecule has 0 saturated heterocycles. The van der Waals surface area contributed by atoms with Crippen molar-refractivity contribution in [2.45, 2.75) is 39.8 Å². The lowest BCUT2D eigenvalue weighted by Crippen LogP contribution is -2.19. The zero-order valence-corrected chi connectivity index (χ0v) is 14.3. The van der Waals surface area contributed by atoms with E-state index in [0.717, 1.165) is 49.2 Å². The Morgan fingerprint density at radius 2 is 2.05 bits per heavy atom. The molecular weight excluding hydrogens is 322 g/mol. The highest BCUT2D eigenvalue weighted by molar-refractivity contribution is 9.10. The van der Waals surface area contributed by atoms with Gasteiger partial charge in [0, 0.05) is 26.8 Å². The fourth-order valence-corrected chi connectivity index (χ4v) is 2.64. The quantitative estimate of drug-likeness (QED) is 0.624. The minimum atomic E-state index is 0.663. The van der Waals surface area contributed by atoms with Crippen molar-refractivity contribution in [1.82, 2.24) is 15.1 Å². The molecule has 1 aromatic heterocycles. The predicted molar refractivity (Wildman–Crippen MR) is 84.0 cm³/mol. The SMILES string of the molecule is CCc1nn(CC)c(CNCCCOCCOC)c1Br. The van der Waals surface area contributed by atoms with E-state index in [4.69, 9.17) is 9.47 Å². The van der Waals surface area contributed by atoms with Crippen LogP contribution in [0.5, 0.6) is 0 Å². The van der Waals surface area contributed by atoms with E-state index < -0.39 is 0 Å². The van der Waals surface area contributed by atoms with Crippen LogP contribution in [0.25, 0.3) is 0 Å². The van der Waals surface area contributed by atoms with Gasteiger partial charge in [0.15, 0.2) is 0 Å². The lowest BCUT2D eigenvalue weighted by atomic mass is 10.3. The van der Waals surface area contributed by atoms with Gasteiger partial charge in [-0.15, -0.1) is 0 Å². The number of aromatic nitrogens is 2. The molecule has 0 aliphatic heterocycles. The van der Waals surface area contributed by atoms with E-state index in [1.807, 2.05) is 0 Å². The molecule has 0 fully saturated rings. The first-order valence-corrected chi connectivity index (χ1v) is 8.05. The van der Waals surface area contributed by atoms with Crippen LogP contribution in [0.4, 0.5) is 0 Å². The second kappa shape index (κ2) is 10.3. The van der Waals surface area contributed by atoms with Crippen LogP contribution in [0, 0.1) is 0 Å². The van der Waals surface area contributed by atoms with E-state index >= 15 is 0 Å². The van der Waals surface area contributed by atoms with Gasteiger partial charge in [0.2, 0.25) is 0 Å². The second-order valence-corrected chi connectivity index (χ2v) is 5.31. The molecule has 1 rings (SSSR count). The van der Waals surface area contributed by atoms with Gasteiger partial charge < -0.3 is 14.8 Å². The zero-order valence-electron chi connectivity index (χ0n) is 12.7. The van der Waals surface area contributed by atoms with Crippen molar-refractivity contribution >= 4 is 15.9 Å². The van der Waals surface area contributed by atoms with Gasteiger partial charge in [-0.1, -0.05) is 6.92 Å². The van der Waals surface area contributed by atoms with E-state index in [1.54, 1.807) is 7.11 Å². The standard InChI is InChI=1S/C14H26BrN3O2/c1-4-12-14(15)13(18(5-2)17-12)11-16-7-6-8-20-10-9-19-3/h16H,4-11H2,1-3H3. The number of hydrogen-bond acceptors (Lipinski definition) is 4. The Labute approximate surface area is 130 Å².